The number of aliphatic carboxylic acids is 1. The van der Waals surface area contributed by atoms with Crippen LogP contribution in [0.2, 0.25) is 0 Å². The summed E-state index contributed by atoms with van der Waals surface area (Å²) in [4.78, 5) is 10.4. The van der Waals surface area contributed by atoms with Gasteiger partial charge in [-0.3, -0.25) is 0 Å². The summed E-state index contributed by atoms with van der Waals surface area (Å²) in [5.41, 5.74) is 0. The van der Waals surface area contributed by atoms with Gasteiger partial charge in [0.1, 0.15) is 6.10 Å². The summed E-state index contributed by atoms with van der Waals surface area (Å²) >= 11 is 0. The van der Waals surface area contributed by atoms with E-state index in [0.29, 0.717) is 19.3 Å². The number of carbonyl (C=O) groups is 1. The zero-order valence-electron chi connectivity index (χ0n) is 16.5. The van der Waals surface area contributed by atoms with Gasteiger partial charge in [0.05, 0.1) is 18.0 Å². The first kappa shape index (κ1) is 24.4. The van der Waals surface area contributed by atoms with Crippen LogP contribution in [0.5, 0.6) is 0 Å². The van der Waals surface area contributed by atoms with Crippen LogP contribution in [-0.2, 0) is 9.53 Å². The molecule has 5 unspecified atom stereocenters. The van der Waals surface area contributed by atoms with Crippen LogP contribution in [-0.4, -0.2) is 34.5 Å². The topological polar surface area (TPSA) is 89.8 Å². The van der Waals surface area contributed by atoms with Gasteiger partial charge in [-0.2, -0.15) is 0 Å². The molecule has 0 amide bonds. The maximum Gasteiger partial charge on any atom is 1.00 e. The van der Waals surface area contributed by atoms with Crippen molar-refractivity contribution < 1.29 is 54.4 Å². The van der Waals surface area contributed by atoms with Crippen LogP contribution in [0.3, 0.4) is 0 Å². The smallest absolute Gasteiger partial charge is 0.550 e. The average Bonchev–Trinajstić information content (AvgIpc) is 3.09. The molecule has 1 heterocycles. The maximum atomic E-state index is 10.4. The molecule has 2 N–H and O–H groups in total. The number of unbranched alkanes of at least 4 members (excludes halogenated alkanes) is 2. The SMILES string of the molecule is CC/C=C/CC(O)/C=C/C1C(O)CC2O/C(=C/CCCCC(=O)[O-])CC21.[Na+]. The van der Waals surface area contributed by atoms with Gasteiger partial charge in [0.25, 0.3) is 0 Å². The van der Waals surface area contributed by atoms with E-state index in [4.69, 9.17) is 4.74 Å². The van der Waals surface area contributed by atoms with E-state index < -0.39 is 18.2 Å². The van der Waals surface area contributed by atoms with E-state index >= 15 is 0 Å². The molecule has 1 aliphatic heterocycles. The molecule has 0 spiro atoms. The summed E-state index contributed by atoms with van der Waals surface area (Å²) < 4.78 is 5.96. The van der Waals surface area contributed by atoms with Crippen LogP contribution in [0.25, 0.3) is 0 Å². The molecule has 5 nitrogen and oxygen atoms in total. The average molecular weight is 386 g/mol. The van der Waals surface area contributed by atoms with Crippen LogP contribution < -0.4 is 34.7 Å². The number of rotatable bonds is 10. The Morgan fingerprint density at radius 1 is 1.37 bits per heavy atom. The van der Waals surface area contributed by atoms with Crippen molar-refractivity contribution >= 4 is 5.97 Å². The van der Waals surface area contributed by atoms with Crippen molar-refractivity contribution in [1.29, 1.82) is 0 Å². The van der Waals surface area contributed by atoms with Gasteiger partial charge >= 0.3 is 29.6 Å². The number of carboxylic acid groups (broad SMARTS) is 1. The molecule has 0 aromatic carbocycles. The van der Waals surface area contributed by atoms with Crippen LogP contribution in [0.15, 0.2) is 36.1 Å². The summed E-state index contributed by atoms with van der Waals surface area (Å²) in [6.45, 7) is 2.06. The Morgan fingerprint density at radius 2 is 2.15 bits per heavy atom. The van der Waals surface area contributed by atoms with E-state index in [2.05, 4.69) is 6.92 Å². The Bertz CT molecular complexity index is 543. The van der Waals surface area contributed by atoms with Crippen molar-refractivity contribution in [2.75, 3.05) is 0 Å². The fourth-order valence-electron chi connectivity index (χ4n) is 3.80. The number of hydrogen-bond donors (Lipinski definition) is 2. The molecule has 1 saturated heterocycles. The number of carboxylic acids is 1. The van der Waals surface area contributed by atoms with Crippen LogP contribution >= 0.6 is 0 Å². The molecule has 2 rings (SSSR count). The molecular formula is C21H31NaO5. The summed E-state index contributed by atoms with van der Waals surface area (Å²) in [6, 6.07) is 0. The number of hydrogen-bond acceptors (Lipinski definition) is 5. The number of aliphatic hydroxyl groups is 2. The van der Waals surface area contributed by atoms with Gasteiger partial charge in [-0.05, 0) is 44.6 Å². The molecule has 0 aromatic rings. The van der Waals surface area contributed by atoms with Crippen molar-refractivity contribution in [3.8, 4) is 0 Å². The fraction of sp³-hybridized carbons (Fsp3) is 0.667. The van der Waals surface area contributed by atoms with E-state index in [1.165, 1.54) is 0 Å². The van der Waals surface area contributed by atoms with Crippen LogP contribution in [0, 0.1) is 11.8 Å². The van der Waals surface area contributed by atoms with Crippen LogP contribution in [0.4, 0.5) is 0 Å². The zero-order chi connectivity index (χ0) is 18.9. The van der Waals surface area contributed by atoms with Crippen molar-refractivity contribution in [2.24, 2.45) is 11.8 Å². The summed E-state index contributed by atoms with van der Waals surface area (Å²) in [5.74, 6) is 0.202. The summed E-state index contributed by atoms with van der Waals surface area (Å²) in [5, 5.41) is 30.7. The largest absolute Gasteiger partial charge is 1.00 e. The fourth-order valence-corrected chi connectivity index (χ4v) is 3.80. The van der Waals surface area contributed by atoms with Crippen LogP contribution in [0.1, 0.15) is 58.3 Å². The second-order valence-electron chi connectivity index (χ2n) is 7.26. The second kappa shape index (κ2) is 12.8. The first-order valence-electron chi connectivity index (χ1n) is 9.76. The first-order valence-corrected chi connectivity index (χ1v) is 9.76. The molecule has 1 saturated carbocycles. The molecule has 146 valence electrons. The van der Waals surface area contributed by atoms with Gasteiger partial charge in [-0.15, -0.1) is 0 Å². The standard InChI is InChI=1S/C21H32O5.Na/c1-2-3-5-8-15(22)11-12-17-18-13-16(26-20(18)14-19(17)23)9-6-4-7-10-21(24)25;/h3,5,9,11-12,15,17-20,22-23H,2,4,6-8,10,13-14H2,1H3,(H,24,25);/q;+1/p-1/b5-3+,12-11+,16-9+;. The number of allylic oxidation sites excluding steroid dienone is 3. The van der Waals surface area contributed by atoms with Gasteiger partial charge in [0.15, 0.2) is 0 Å². The molecule has 0 radical (unpaired) electrons. The molecule has 1 aliphatic carbocycles. The third kappa shape index (κ3) is 8.12. The Balaban J connectivity index is 0.00000364. The second-order valence-corrected chi connectivity index (χ2v) is 7.26. The number of aliphatic hydroxyl groups excluding tert-OH is 2. The van der Waals surface area contributed by atoms with Gasteiger partial charge < -0.3 is 24.9 Å². The minimum atomic E-state index is -1.000. The number of carbonyl (C=O) groups excluding carboxylic acids is 1. The number of ether oxygens (including phenoxy) is 1. The minimum absolute atomic E-state index is 0. The molecule has 2 fully saturated rings. The van der Waals surface area contributed by atoms with E-state index in [1.54, 1.807) is 6.08 Å². The monoisotopic (exact) mass is 386 g/mol. The van der Waals surface area contributed by atoms with Gasteiger partial charge in [-0.1, -0.05) is 31.2 Å². The first-order chi connectivity index (χ1) is 12.5. The quantitative estimate of drug-likeness (QED) is 0.293. The number of fused-ring (bicyclic) bond motifs is 1. The molecule has 27 heavy (non-hydrogen) atoms. The molecule has 6 heteroatoms. The van der Waals surface area contributed by atoms with E-state index in [9.17, 15) is 20.1 Å². The Hall–Kier alpha value is -0.590. The summed E-state index contributed by atoms with van der Waals surface area (Å²) in [7, 11) is 0. The molecule has 0 bridgehead atoms. The van der Waals surface area contributed by atoms with Crippen molar-refractivity contribution in [3.63, 3.8) is 0 Å². The van der Waals surface area contributed by atoms with E-state index in [0.717, 1.165) is 31.4 Å². The molecule has 0 aromatic heterocycles. The maximum absolute atomic E-state index is 10.4. The third-order valence-electron chi connectivity index (χ3n) is 5.17. The molecule has 5 atom stereocenters. The Labute approximate surface area is 184 Å². The van der Waals surface area contributed by atoms with Crippen molar-refractivity contribution in [2.45, 2.75) is 76.6 Å². The third-order valence-corrected chi connectivity index (χ3v) is 5.17. The molecular weight excluding hydrogens is 355 g/mol. The Kier molecular flexibility index (Phi) is 11.6. The van der Waals surface area contributed by atoms with E-state index in [-0.39, 0.29) is 53.9 Å². The van der Waals surface area contributed by atoms with Gasteiger partial charge in [-0.25, -0.2) is 0 Å². The van der Waals surface area contributed by atoms with Gasteiger partial charge in [0.2, 0.25) is 0 Å². The zero-order valence-corrected chi connectivity index (χ0v) is 18.5. The minimum Gasteiger partial charge on any atom is -0.550 e. The van der Waals surface area contributed by atoms with Crippen molar-refractivity contribution in [3.05, 3.63) is 36.1 Å². The molecule has 2 aliphatic rings. The Morgan fingerprint density at radius 3 is 2.85 bits per heavy atom. The predicted molar refractivity (Wildman–Crippen MR) is 97.8 cm³/mol. The predicted octanol–water partition coefficient (Wildman–Crippen LogP) is -0.756. The normalized spacial score (nSPS) is 29.8. The summed E-state index contributed by atoms with van der Waals surface area (Å²) in [6.07, 6.45) is 14.2. The van der Waals surface area contributed by atoms with Crippen molar-refractivity contribution in [1.82, 2.24) is 0 Å². The van der Waals surface area contributed by atoms with Gasteiger partial charge in [0, 0.05) is 30.6 Å². The van der Waals surface area contributed by atoms with E-state index in [1.807, 2.05) is 24.3 Å².